The average Bonchev–Trinajstić information content (AvgIpc) is 3.20. The Kier molecular flexibility index (Phi) is 4.75. The van der Waals surface area contributed by atoms with E-state index in [-0.39, 0.29) is 17.4 Å². The van der Waals surface area contributed by atoms with Gasteiger partial charge >= 0.3 is 0 Å². The van der Waals surface area contributed by atoms with Crippen LogP contribution in [0.15, 0.2) is 48.5 Å². The van der Waals surface area contributed by atoms with E-state index in [1.54, 1.807) is 67.4 Å². The number of sulfone groups is 1. The van der Waals surface area contributed by atoms with Crippen LogP contribution in [0.4, 0.5) is 5.82 Å². The molecular weight excluding hydrogens is 394 g/mol. The van der Waals surface area contributed by atoms with Gasteiger partial charge in [0.15, 0.2) is 9.84 Å². The molecule has 0 unspecified atom stereocenters. The van der Waals surface area contributed by atoms with E-state index in [2.05, 4.69) is 10.4 Å². The molecule has 29 heavy (non-hydrogen) atoms. The number of hydrogen-bond acceptors (Lipinski definition) is 6. The summed E-state index contributed by atoms with van der Waals surface area (Å²) in [5.74, 6) is 1.01. The standard InChI is InChI=1S/C20H19N3O5S/c1-27-15-7-3-13(4-8-15)20(24)21-19-17-11-29(25,26)12-18(17)22-23(19)14-5-9-16(28-2)10-6-14/h3-10H,11-12H2,1-2H3,(H,21,24). The van der Waals surface area contributed by atoms with E-state index in [1.807, 2.05) is 0 Å². The van der Waals surface area contributed by atoms with E-state index in [4.69, 9.17) is 9.47 Å². The maximum absolute atomic E-state index is 12.8. The highest BCUT2D eigenvalue weighted by atomic mass is 32.2. The first-order valence-corrected chi connectivity index (χ1v) is 10.6. The summed E-state index contributed by atoms with van der Waals surface area (Å²) in [4.78, 5) is 12.8. The van der Waals surface area contributed by atoms with Crippen LogP contribution in [0.25, 0.3) is 5.69 Å². The van der Waals surface area contributed by atoms with Gasteiger partial charge in [0.1, 0.15) is 17.3 Å². The van der Waals surface area contributed by atoms with Crippen molar-refractivity contribution in [1.82, 2.24) is 9.78 Å². The van der Waals surface area contributed by atoms with E-state index in [0.717, 1.165) is 0 Å². The van der Waals surface area contributed by atoms with Crippen molar-refractivity contribution in [2.45, 2.75) is 11.5 Å². The largest absolute Gasteiger partial charge is 0.497 e. The zero-order chi connectivity index (χ0) is 20.6. The number of rotatable bonds is 5. The molecule has 8 nitrogen and oxygen atoms in total. The van der Waals surface area contributed by atoms with E-state index in [9.17, 15) is 13.2 Å². The van der Waals surface area contributed by atoms with Crippen LogP contribution in [0.2, 0.25) is 0 Å². The molecule has 0 aliphatic carbocycles. The molecule has 1 aliphatic heterocycles. The summed E-state index contributed by atoms with van der Waals surface area (Å²) >= 11 is 0. The normalized spacial score (nSPS) is 14.3. The molecule has 0 saturated heterocycles. The summed E-state index contributed by atoms with van der Waals surface area (Å²) in [6.45, 7) is 0. The summed E-state index contributed by atoms with van der Waals surface area (Å²) < 4.78 is 36.0. The minimum Gasteiger partial charge on any atom is -0.497 e. The van der Waals surface area contributed by atoms with Crippen molar-refractivity contribution in [3.8, 4) is 17.2 Å². The van der Waals surface area contributed by atoms with Crippen molar-refractivity contribution in [2.24, 2.45) is 0 Å². The molecule has 0 fully saturated rings. The summed E-state index contributed by atoms with van der Waals surface area (Å²) in [5, 5.41) is 7.28. The molecule has 0 radical (unpaired) electrons. The number of amides is 1. The Labute approximate surface area is 168 Å². The Morgan fingerprint density at radius 3 is 2.14 bits per heavy atom. The number of nitrogens with one attached hydrogen (secondary N) is 1. The van der Waals surface area contributed by atoms with E-state index in [0.29, 0.717) is 39.8 Å². The lowest BCUT2D eigenvalue weighted by atomic mass is 10.2. The molecular formula is C20H19N3O5S. The predicted molar refractivity (Wildman–Crippen MR) is 107 cm³/mol. The SMILES string of the molecule is COc1ccc(C(=O)Nc2c3c(nn2-c2ccc(OC)cc2)CS(=O)(=O)C3)cc1. The predicted octanol–water partition coefficient (Wildman–Crippen LogP) is 2.57. The zero-order valence-electron chi connectivity index (χ0n) is 15.9. The Morgan fingerprint density at radius 1 is 0.966 bits per heavy atom. The first-order valence-electron chi connectivity index (χ1n) is 8.81. The molecule has 0 spiro atoms. The lowest BCUT2D eigenvalue weighted by Gasteiger charge is -2.12. The summed E-state index contributed by atoms with van der Waals surface area (Å²) in [7, 11) is -0.147. The maximum Gasteiger partial charge on any atom is 0.256 e. The van der Waals surface area contributed by atoms with Gasteiger partial charge in [0.2, 0.25) is 0 Å². The number of methoxy groups -OCH3 is 2. The topological polar surface area (TPSA) is 99.5 Å². The van der Waals surface area contributed by atoms with E-state index in [1.165, 1.54) is 0 Å². The summed E-state index contributed by atoms with van der Waals surface area (Å²) in [6, 6.07) is 13.8. The van der Waals surface area contributed by atoms with Gasteiger partial charge in [-0.15, -0.1) is 0 Å². The fourth-order valence-electron chi connectivity index (χ4n) is 3.20. The van der Waals surface area contributed by atoms with Gasteiger partial charge in [-0.2, -0.15) is 5.10 Å². The van der Waals surface area contributed by atoms with Crippen molar-refractivity contribution in [1.29, 1.82) is 0 Å². The van der Waals surface area contributed by atoms with E-state index >= 15 is 0 Å². The number of carbonyl (C=O) groups excluding carboxylic acids is 1. The maximum atomic E-state index is 12.8. The fraction of sp³-hybridized carbons (Fsp3) is 0.200. The van der Waals surface area contributed by atoms with Gasteiger partial charge in [-0.05, 0) is 48.5 Å². The van der Waals surface area contributed by atoms with Crippen LogP contribution in [-0.2, 0) is 21.3 Å². The molecule has 3 aromatic rings. The van der Waals surface area contributed by atoms with E-state index < -0.39 is 9.84 Å². The van der Waals surface area contributed by atoms with Gasteiger partial charge < -0.3 is 14.8 Å². The lowest BCUT2D eigenvalue weighted by Crippen LogP contribution is -2.17. The van der Waals surface area contributed by atoms with Crippen LogP contribution in [0.5, 0.6) is 11.5 Å². The van der Waals surface area contributed by atoms with Crippen molar-refractivity contribution in [2.75, 3.05) is 19.5 Å². The van der Waals surface area contributed by atoms with Crippen LogP contribution in [-0.4, -0.2) is 38.3 Å². The Bertz CT molecular complexity index is 1170. The second kappa shape index (κ2) is 7.25. The molecule has 0 atom stereocenters. The first kappa shape index (κ1) is 19.0. The number of carbonyl (C=O) groups is 1. The molecule has 2 heterocycles. The van der Waals surface area contributed by atoms with Gasteiger partial charge in [-0.1, -0.05) is 0 Å². The highest BCUT2D eigenvalue weighted by Gasteiger charge is 2.33. The molecule has 150 valence electrons. The van der Waals surface area contributed by atoms with Crippen molar-refractivity contribution in [3.05, 3.63) is 65.4 Å². The van der Waals surface area contributed by atoms with Crippen LogP contribution < -0.4 is 14.8 Å². The zero-order valence-corrected chi connectivity index (χ0v) is 16.7. The number of benzene rings is 2. The molecule has 9 heteroatoms. The number of ether oxygens (including phenoxy) is 2. The third-order valence-electron chi connectivity index (χ3n) is 4.69. The molecule has 0 saturated carbocycles. The highest BCUT2D eigenvalue weighted by Crippen LogP contribution is 2.33. The minimum atomic E-state index is -3.27. The minimum absolute atomic E-state index is 0.142. The quantitative estimate of drug-likeness (QED) is 0.690. The molecule has 0 bridgehead atoms. The first-order chi connectivity index (χ1) is 13.9. The van der Waals surface area contributed by atoms with Crippen LogP contribution in [0.1, 0.15) is 21.6 Å². The van der Waals surface area contributed by atoms with Crippen LogP contribution in [0.3, 0.4) is 0 Å². The van der Waals surface area contributed by atoms with Gasteiger partial charge in [0, 0.05) is 11.1 Å². The average molecular weight is 413 g/mol. The summed E-state index contributed by atoms with van der Waals surface area (Å²) in [5.41, 5.74) is 2.07. The third-order valence-corrected chi connectivity index (χ3v) is 6.13. The molecule has 1 N–H and O–H groups in total. The highest BCUT2D eigenvalue weighted by molar-refractivity contribution is 7.90. The van der Waals surface area contributed by atoms with Gasteiger partial charge in [-0.3, -0.25) is 4.79 Å². The molecule has 1 aromatic heterocycles. The number of nitrogens with zero attached hydrogens (tertiary/aromatic N) is 2. The smallest absolute Gasteiger partial charge is 0.256 e. The van der Waals surface area contributed by atoms with Crippen molar-refractivity contribution in [3.63, 3.8) is 0 Å². The Hall–Kier alpha value is -3.33. The van der Waals surface area contributed by atoms with Gasteiger partial charge in [0.05, 0.1) is 37.1 Å². The Balaban J connectivity index is 1.72. The van der Waals surface area contributed by atoms with Crippen molar-refractivity contribution < 1.29 is 22.7 Å². The van der Waals surface area contributed by atoms with Crippen molar-refractivity contribution >= 4 is 21.6 Å². The van der Waals surface area contributed by atoms with Crippen LogP contribution >= 0.6 is 0 Å². The molecule has 4 rings (SSSR count). The fourth-order valence-corrected chi connectivity index (χ4v) is 4.70. The second-order valence-corrected chi connectivity index (χ2v) is 8.66. The van der Waals surface area contributed by atoms with Gasteiger partial charge in [0.25, 0.3) is 5.91 Å². The number of hydrogen-bond donors (Lipinski definition) is 1. The number of anilines is 1. The number of aromatic nitrogens is 2. The van der Waals surface area contributed by atoms with Gasteiger partial charge in [-0.25, -0.2) is 13.1 Å². The molecule has 1 aliphatic rings. The monoisotopic (exact) mass is 413 g/mol. The Morgan fingerprint density at radius 2 is 1.55 bits per heavy atom. The molecule has 2 aromatic carbocycles. The molecule has 1 amide bonds. The number of fused-ring (bicyclic) bond motifs is 1. The lowest BCUT2D eigenvalue weighted by molar-refractivity contribution is 0.102. The second-order valence-electron chi connectivity index (χ2n) is 6.60. The summed E-state index contributed by atoms with van der Waals surface area (Å²) in [6.07, 6.45) is 0. The van der Waals surface area contributed by atoms with Crippen LogP contribution in [0, 0.1) is 0 Å². The third kappa shape index (κ3) is 3.68.